The van der Waals surface area contributed by atoms with Crippen LogP contribution >= 0.6 is 12.4 Å². The highest BCUT2D eigenvalue weighted by Crippen LogP contribution is 2.24. The number of carbonyl (C=O) groups excluding carboxylic acids is 3. The first kappa shape index (κ1) is 17.4. The van der Waals surface area contributed by atoms with Crippen LogP contribution in [-0.2, 0) is 4.79 Å². The van der Waals surface area contributed by atoms with Gasteiger partial charge in [0.1, 0.15) is 6.54 Å². The van der Waals surface area contributed by atoms with Crippen LogP contribution in [0.15, 0.2) is 18.2 Å². The maximum atomic E-state index is 12.4. The van der Waals surface area contributed by atoms with E-state index in [-0.39, 0.29) is 42.7 Å². The first-order valence-corrected chi connectivity index (χ1v) is 7.46. The largest absolute Gasteiger partial charge is 0.336 e. The van der Waals surface area contributed by atoms with Crippen molar-refractivity contribution in [2.45, 2.75) is 19.9 Å². The minimum absolute atomic E-state index is 0. The Morgan fingerprint density at radius 2 is 1.96 bits per heavy atom. The summed E-state index contributed by atoms with van der Waals surface area (Å²) in [5.41, 5.74) is 1.70. The number of benzene rings is 1. The number of amides is 3. The molecule has 1 saturated heterocycles. The molecule has 2 aliphatic rings. The van der Waals surface area contributed by atoms with Gasteiger partial charge in [-0.25, -0.2) is 0 Å². The summed E-state index contributed by atoms with van der Waals surface area (Å²) in [4.78, 5) is 39.9. The molecule has 0 spiro atoms. The summed E-state index contributed by atoms with van der Waals surface area (Å²) in [6.07, 6.45) is 0. The SMILES string of the molecule is Cc1ccc2c(c1)C(=O)N(CC(=O)N1CCNC[C@H]1C)C2=O.Cl. The van der Waals surface area contributed by atoms with Gasteiger partial charge in [-0.3, -0.25) is 19.3 Å². The predicted molar refractivity (Wildman–Crippen MR) is 87.8 cm³/mol. The molecule has 0 bridgehead atoms. The highest BCUT2D eigenvalue weighted by atomic mass is 35.5. The van der Waals surface area contributed by atoms with E-state index in [1.54, 1.807) is 23.1 Å². The average molecular weight is 338 g/mol. The predicted octanol–water partition coefficient (Wildman–Crippen LogP) is 0.833. The Morgan fingerprint density at radius 3 is 2.65 bits per heavy atom. The maximum absolute atomic E-state index is 12.4. The number of hydrogen-bond donors (Lipinski definition) is 1. The van der Waals surface area contributed by atoms with Gasteiger partial charge in [0.15, 0.2) is 0 Å². The van der Waals surface area contributed by atoms with E-state index >= 15 is 0 Å². The monoisotopic (exact) mass is 337 g/mol. The number of hydrogen-bond acceptors (Lipinski definition) is 4. The van der Waals surface area contributed by atoms with Gasteiger partial charge >= 0.3 is 0 Å². The average Bonchev–Trinajstić information content (AvgIpc) is 2.72. The zero-order chi connectivity index (χ0) is 15.9. The molecule has 1 aromatic carbocycles. The minimum Gasteiger partial charge on any atom is -0.336 e. The third-order valence-electron chi connectivity index (χ3n) is 4.24. The molecule has 0 aromatic heterocycles. The molecule has 0 saturated carbocycles. The Hall–Kier alpha value is -1.92. The van der Waals surface area contributed by atoms with Crippen molar-refractivity contribution >= 4 is 30.1 Å². The molecule has 1 atom stereocenters. The Balaban J connectivity index is 0.00000192. The van der Waals surface area contributed by atoms with Gasteiger partial charge in [0.2, 0.25) is 5.91 Å². The number of nitrogens with zero attached hydrogens (tertiary/aromatic N) is 2. The molecule has 1 N–H and O–H groups in total. The van der Waals surface area contributed by atoms with Gasteiger partial charge in [0, 0.05) is 25.7 Å². The highest BCUT2D eigenvalue weighted by molar-refractivity contribution is 6.22. The van der Waals surface area contributed by atoms with Crippen molar-refractivity contribution in [1.29, 1.82) is 0 Å². The van der Waals surface area contributed by atoms with E-state index in [4.69, 9.17) is 0 Å². The van der Waals surface area contributed by atoms with Crippen LogP contribution in [0.1, 0.15) is 33.2 Å². The number of halogens is 1. The molecular weight excluding hydrogens is 318 g/mol. The van der Waals surface area contributed by atoms with Crippen molar-refractivity contribution in [3.05, 3.63) is 34.9 Å². The number of fused-ring (bicyclic) bond motifs is 1. The number of aryl methyl sites for hydroxylation is 1. The van der Waals surface area contributed by atoms with Crippen LogP contribution < -0.4 is 5.32 Å². The lowest BCUT2D eigenvalue weighted by atomic mass is 10.1. The molecule has 6 nitrogen and oxygen atoms in total. The molecule has 0 unspecified atom stereocenters. The van der Waals surface area contributed by atoms with E-state index in [2.05, 4.69) is 5.32 Å². The van der Waals surface area contributed by atoms with Gasteiger partial charge in [-0.05, 0) is 26.0 Å². The van der Waals surface area contributed by atoms with Gasteiger partial charge in [-0.1, -0.05) is 11.6 Å². The molecule has 124 valence electrons. The van der Waals surface area contributed by atoms with Gasteiger partial charge in [0.05, 0.1) is 11.1 Å². The topological polar surface area (TPSA) is 69.7 Å². The quantitative estimate of drug-likeness (QED) is 0.812. The molecule has 23 heavy (non-hydrogen) atoms. The van der Waals surface area contributed by atoms with Gasteiger partial charge in [-0.2, -0.15) is 0 Å². The number of imide groups is 1. The van der Waals surface area contributed by atoms with Crippen molar-refractivity contribution in [1.82, 2.24) is 15.1 Å². The fourth-order valence-electron chi connectivity index (χ4n) is 2.99. The van der Waals surface area contributed by atoms with Gasteiger partial charge in [0.25, 0.3) is 11.8 Å². The summed E-state index contributed by atoms with van der Waals surface area (Å²) >= 11 is 0. The van der Waals surface area contributed by atoms with E-state index in [0.29, 0.717) is 17.7 Å². The fraction of sp³-hybridized carbons (Fsp3) is 0.438. The van der Waals surface area contributed by atoms with Crippen LogP contribution in [0.3, 0.4) is 0 Å². The number of carbonyl (C=O) groups is 3. The fourth-order valence-corrected chi connectivity index (χ4v) is 2.99. The van der Waals surface area contributed by atoms with Crippen molar-refractivity contribution in [2.24, 2.45) is 0 Å². The van der Waals surface area contributed by atoms with Crippen molar-refractivity contribution in [3.63, 3.8) is 0 Å². The minimum atomic E-state index is -0.379. The molecule has 0 radical (unpaired) electrons. The molecule has 2 heterocycles. The van der Waals surface area contributed by atoms with E-state index in [9.17, 15) is 14.4 Å². The van der Waals surface area contributed by atoms with Crippen LogP contribution in [0.5, 0.6) is 0 Å². The molecular formula is C16H20ClN3O3. The summed E-state index contributed by atoms with van der Waals surface area (Å²) in [7, 11) is 0. The molecule has 3 amide bonds. The maximum Gasteiger partial charge on any atom is 0.262 e. The summed E-state index contributed by atoms with van der Waals surface area (Å²) in [6, 6.07) is 5.22. The molecule has 2 aliphatic heterocycles. The third-order valence-corrected chi connectivity index (χ3v) is 4.24. The molecule has 7 heteroatoms. The van der Waals surface area contributed by atoms with E-state index in [0.717, 1.165) is 23.6 Å². The van der Waals surface area contributed by atoms with Crippen molar-refractivity contribution in [3.8, 4) is 0 Å². The number of nitrogens with one attached hydrogen (secondary N) is 1. The van der Waals surface area contributed by atoms with Crippen LogP contribution in [-0.4, -0.2) is 59.7 Å². The van der Waals surface area contributed by atoms with Crippen molar-refractivity contribution < 1.29 is 14.4 Å². The van der Waals surface area contributed by atoms with E-state index in [1.165, 1.54) is 0 Å². The van der Waals surface area contributed by atoms with E-state index in [1.807, 2.05) is 13.8 Å². The van der Waals surface area contributed by atoms with Gasteiger partial charge in [-0.15, -0.1) is 12.4 Å². The lowest BCUT2D eigenvalue weighted by molar-refractivity contribution is -0.134. The third kappa shape index (κ3) is 3.09. The van der Waals surface area contributed by atoms with Crippen LogP contribution in [0, 0.1) is 6.92 Å². The number of rotatable bonds is 2. The summed E-state index contributed by atoms with van der Waals surface area (Å²) in [6.45, 7) is 5.70. The molecule has 3 rings (SSSR count). The Labute approximate surface area is 141 Å². The molecule has 1 aromatic rings. The van der Waals surface area contributed by atoms with E-state index < -0.39 is 0 Å². The Kier molecular flexibility index (Phi) is 5.06. The summed E-state index contributed by atoms with van der Waals surface area (Å²) in [5, 5.41) is 3.21. The molecule has 1 fully saturated rings. The zero-order valence-electron chi connectivity index (χ0n) is 13.2. The first-order chi connectivity index (χ1) is 10.5. The highest BCUT2D eigenvalue weighted by Gasteiger charge is 2.38. The lowest BCUT2D eigenvalue weighted by Gasteiger charge is -2.34. The van der Waals surface area contributed by atoms with Crippen LogP contribution in [0.4, 0.5) is 0 Å². The first-order valence-electron chi connectivity index (χ1n) is 7.46. The second-order valence-electron chi connectivity index (χ2n) is 5.89. The second kappa shape index (κ2) is 6.68. The Bertz CT molecular complexity index is 662. The normalized spacial score (nSPS) is 20.3. The second-order valence-corrected chi connectivity index (χ2v) is 5.89. The van der Waals surface area contributed by atoms with Crippen LogP contribution in [0.2, 0.25) is 0 Å². The van der Waals surface area contributed by atoms with Crippen LogP contribution in [0.25, 0.3) is 0 Å². The Morgan fingerprint density at radius 1 is 1.26 bits per heavy atom. The smallest absolute Gasteiger partial charge is 0.262 e. The standard InChI is InChI=1S/C16H19N3O3.ClH/c1-10-3-4-12-13(7-10)16(22)19(15(12)21)9-14(20)18-6-5-17-8-11(18)2;/h3-4,7,11,17H,5-6,8-9H2,1-2H3;1H/t11-;/m1./s1. The lowest BCUT2D eigenvalue weighted by Crippen LogP contribution is -2.55. The molecule has 0 aliphatic carbocycles. The summed E-state index contributed by atoms with van der Waals surface area (Å²) in [5.74, 6) is -0.934. The van der Waals surface area contributed by atoms with Gasteiger partial charge < -0.3 is 10.2 Å². The van der Waals surface area contributed by atoms with Crippen molar-refractivity contribution in [2.75, 3.05) is 26.2 Å². The summed E-state index contributed by atoms with van der Waals surface area (Å²) < 4.78 is 0. The number of piperazine rings is 1. The zero-order valence-corrected chi connectivity index (χ0v) is 14.0.